The monoisotopic (exact) mass is 276 g/mol. The van der Waals surface area contributed by atoms with Crippen LogP contribution < -0.4 is 4.90 Å². The molecular weight excluding hydrogens is 264 g/mol. The Labute approximate surface area is 113 Å². The first-order valence-electron chi connectivity index (χ1n) is 5.54. The van der Waals surface area contributed by atoms with Crippen LogP contribution in [0.2, 0.25) is 0 Å². The van der Waals surface area contributed by atoms with E-state index >= 15 is 0 Å². The predicted molar refractivity (Wildman–Crippen MR) is 76.4 cm³/mol. The number of hydrogen-bond acceptors (Lipinski definition) is 6. The minimum Gasteiger partial charge on any atom is -0.353 e. The van der Waals surface area contributed by atoms with Gasteiger partial charge in [-0.3, -0.25) is 0 Å². The van der Waals surface area contributed by atoms with Crippen molar-refractivity contribution in [3.05, 3.63) is 33.9 Å². The van der Waals surface area contributed by atoms with Crippen LogP contribution in [0.25, 0.3) is 10.2 Å². The molecule has 0 atom stereocenters. The Morgan fingerprint density at radius 3 is 2.94 bits per heavy atom. The fourth-order valence-electron chi connectivity index (χ4n) is 1.88. The zero-order chi connectivity index (χ0) is 12.5. The number of aryl methyl sites for hydroxylation is 1. The highest BCUT2D eigenvalue weighted by molar-refractivity contribution is 7.16. The molecule has 0 radical (unpaired) electrons. The van der Waals surface area contributed by atoms with Gasteiger partial charge in [0.2, 0.25) is 0 Å². The molecule has 0 spiro atoms. The van der Waals surface area contributed by atoms with Gasteiger partial charge in [-0.15, -0.1) is 22.7 Å². The van der Waals surface area contributed by atoms with Crippen LogP contribution in [0.15, 0.2) is 23.2 Å². The van der Waals surface area contributed by atoms with Crippen molar-refractivity contribution in [3.63, 3.8) is 0 Å². The van der Waals surface area contributed by atoms with Crippen LogP contribution in [0.5, 0.6) is 0 Å². The lowest BCUT2D eigenvalue weighted by Crippen LogP contribution is -2.18. The van der Waals surface area contributed by atoms with Crippen molar-refractivity contribution in [2.45, 2.75) is 13.5 Å². The van der Waals surface area contributed by atoms with E-state index in [9.17, 15) is 0 Å². The summed E-state index contributed by atoms with van der Waals surface area (Å²) in [5, 5.41) is 6.35. The molecule has 3 aromatic rings. The second kappa shape index (κ2) is 4.62. The van der Waals surface area contributed by atoms with Crippen molar-refractivity contribution in [1.29, 1.82) is 0 Å². The Balaban J connectivity index is 1.92. The van der Waals surface area contributed by atoms with Crippen LogP contribution >= 0.6 is 22.7 Å². The van der Waals surface area contributed by atoms with E-state index in [4.69, 9.17) is 0 Å². The Morgan fingerprint density at radius 2 is 2.17 bits per heavy atom. The van der Waals surface area contributed by atoms with E-state index < -0.39 is 0 Å². The zero-order valence-electron chi connectivity index (χ0n) is 10.1. The minimum atomic E-state index is 0.770. The molecular formula is C12H12N4S2. The number of fused-ring (bicyclic) bond motifs is 1. The van der Waals surface area contributed by atoms with Gasteiger partial charge in [0.25, 0.3) is 0 Å². The minimum absolute atomic E-state index is 0.770. The molecule has 0 fully saturated rings. The lowest BCUT2D eigenvalue weighted by atomic mass is 10.3. The van der Waals surface area contributed by atoms with Crippen molar-refractivity contribution >= 4 is 38.7 Å². The summed E-state index contributed by atoms with van der Waals surface area (Å²) >= 11 is 3.32. The summed E-state index contributed by atoms with van der Waals surface area (Å²) in [6.07, 6.45) is 1.62. The summed E-state index contributed by atoms with van der Waals surface area (Å²) in [6, 6.07) is 2.07. The van der Waals surface area contributed by atoms with E-state index in [1.54, 1.807) is 29.0 Å². The van der Waals surface area contributed by atoms with Gasteiger partial charge in [0, 0.05) is 12.4 Å². The number of rotatable bonds is 3. The SMILES string of the molecule is Cc1nc(CN(C)c2ncnc3sccc23)cs1. The maximum absolute atomic E-state index is 4.48. The molecule has 0 unspecified atom stereocenters. The van der Waals surface area contributed by atoms with E-state index in [0.29, 0.717) is 0 Å². The topological polar surface area (TPSA) is 41.9 Å². The van der Waals surface area contributed by atoms with Crippen LogP contribution in [0.1, 0.15) is 10.7 Å². The normalized spacial score (nSPS) is 11.0. The summed E-state index contributed by atoms with van der Waals surface area (Å²) in [4.78, 5) is 16.3. The van der Waals surface area contributed by atoms with Crippen LogP contribution in [0.3, 0.4) is 0 Å². The highest BCUT2D eigenvalue weighted by Gasteiger charge is 2.10. The molecule has 0 N–H and O–H groups in total. The molecule has 0 aliphatic rings. The first kappa shape index (κ1) is 11.6. The Bertz CT molecular complexity index is 673. The molecule has 3 aromatic heterocycles. The van der Waals surface area contributed by atoms with E-state index in [0.717, 1.165) is 33.3 Å². The Kier molecular flexibility index (Phi) is 2.97. The highest BCUT2D eigenvalue weighted by Crippen LogP contribution is 2.26. The molecule has 3 rings (SSSR count). The molecule has 0 aliphatic carbocycles. The van der Waals surface area contributed by atoms with Gasteiger partial charge in [-0.25, -0.2) is 15.0 Å². The van der Waals surface area contributed by atoms with E-state index in [1.807, 2.05) is 19.4 Å². The van der Waals surface area contributed by atoms with Crippen molar-refractivity contribution in [3.8, 4) is 0 Å². The summed E-state index contributed by atoms with van der Waals surface area (Å²) in [5.41, 5.74) is 1.09. The number of aromatic nitrogens is 3. The molecule has 0 saturated heterocycles. The summed E-state index contributed by atoms with van der Waals surface area (Å²) in [7, 11) is 2.04. The van der Waals surface area contributed by atoms with Gasteiger partial charge in [0.05, 0.1) is 22.6 Å². The van der Waals surface area contributed by atoms with Gasteiger partial charge in [-0.1, -0.05) is 0 Å². The quantitative estimate of drug-likeness (QED) is 0.737. The first-order chi connectivity index (χ1) is 8.74. The molecule has 0 saturated carbocycles. The van der Waals surface area contributed by atoms with Gasteiger partial charge in [0.1, 0.15) is 17.0 Å². The molecule has 0 aliphatic heterocycles. The highest BCUT2D eigenvalue weighted by atomic mass is 32.1. The standard InChI is InChI=1S/C12H12N4S2/c1-8-15-9(6-18-8)5-16(2)11-10-3-4-17-12(10)14-7-13-11/h3-4,6-7H,5H2,1-2H3. The van der Waals surface area contributed by atoms with Gasteiger partial charge in [-0.2, -0.15) is 0 Å². The average molecular weight is 276 g/mol. The van der Waals surface area contributed by atoms with Crippen molar-refractivity contribution in [1.82, 2.24) is 15.0 Å². The summed E-state index contributed by atoms with van der Waals surface area (Å²) in [5.74, 6) is 0.965. The molecule has 92 valence electrons. The molecule has 3 heterocycles. The van der Waals surface area contributed by atoms with Crippen LogP contribution in [-0.2, 0) is 6.54 Å². The second-order valence-electron chi connectivity index (χ2n) is 4.05. The number of thiophene rings is 1. The molecule has 6 heteroatoms. The van der Waals surface area contributed by atoms with Crippen LogP contribution in [0.4, 0.5) is 5.82 Å². The average Bonchev–Trinajstić information content (AvgIpc) is 2.97. The van der Waals surface area contributed by atoms with Crippen LogP contribution in [-0.4, -0.2) is 22.0 Å². The maximum Gasteiger partial charge on any atom is 0.140 e. The summed E-state index contributed by atoms with van der Waals surface area (Å²) in [6.45, 7) is 2.79. The smallest absolute Gasteiger partial charge is 0.140 e. The maximum atomic E-state index is 4.48. The fourth-order valence-corrected chi connectivity index (χ4v) is 3.21. The van der Waals surface area contributed by atoms with Crippen molar-refractivity contribution in [2.24, 2.45) is 0 Å². The first-order valence-corrected chi connectivity index (χ1v) is 7.30. The van der Waals surface area contributed by atoms with E-state index in [-0.39, 0.29) is 0 Å². The zero-order valence-corrected chi connectivity index (χ0v) is 11.8. The number of nitrogens with zero attached hydrogens (tertiary/aromatic N) is 4. The molecule has 0 bridgehead atoms. The van der Waals surface area contributed by atoms with Gasteiger partial charge in [-0.05, 0) is 18.4 Å². The lowest BCUT2D eigenvalue weighted by Gasteiger charge is -2.17. The predicted octanol–water partition coefficient (Wildman–Crippen LogP) is 3.09. The Morgan fingerprint density at radius 1 is 1.28 bits per heavy atom. The molecule has 0 amide bonds. The number of thiazole rings is 1. The van der Waals surface area contributed by atoms with Crippen molar-refractivity contribution < 1.29 is 0 Å². The van der Waals surface area contributed by atoms with Gasteiger partial charge < -0.3 is 4.90 Å². The molecule has 18 heavy (non-hydrogen) atoms. The molecule has 0 aromatic carbocycles. The Hall–Kier alpha value is -1.53. The van der Waals surface area contributed by atoms with Gasteiger partial charge >= 0.3 is 0 Å². The van der Waals surface area contributed by atoms with Crippen molar-refractivity contribution in [2.75, 3.05) is 11.9 Å². The van der Waals surface area contributed by atoms with E-state index in [1.165, 1.54) is 0 Å². The number of anilines is 1. The summed E-state index contributed by atoms with van der Waals surface area (Å²) < 4.78 is 0. The molecule has 4 nitrogen and oxygen atoms in total. The largest absolute Gasteiger partial charge is 0.353 e. The lowest BCUT2D eigenvalue weighted by molar-refractivity contribution is 0.873. The van der Waals surface area contributed by atoms with Crippen LogP contribution in [0, 0.1) is 6.92 Å². The third kappa shape index (κ3) is 2.09. The number of hydrogen-bond donors (Lipinski definition) is 0. The second-order valence-corrected chi connectivity index (χ2v) is 6.01. The van der Waals surface area contributed by atoms with Gasteiger partial charge in [0.15, 0.2) is 0 Å². The third-order valence-corrected chi connectivity index (χ3v) is 4.31. The third-order valence-electron chi connectivity index (χ3n) is 2.67. The fraction of sp³-hybridized carbons (Fsp3) is 0.250. The van der Waals surface area contributed by atoms with E-state index in [2.05, 4.69) is 31.3 Å².